The van der Waals surface area contributed by atoms with Crippen LogP contribution < -0.4 is 10.5 Å². The molecule has 1 aromatic rings. The van der Waals surface area contributed by atoms with Crippen molar-refractivity contribution in [3.8, 4) is 11.5 Å². The molecule has 72 valence electrons. The fourth-order valence-electron chi connectivity index (χ4n) is 1.37. The van der Waals surface area contributed by atoms with E-state index in [0.717, 1.165) is 5.56 Å². The van der Waals surface area contributed by atoms with Crippen LogP contribution in [0.5, 0.6) is 11.5 Å². The summed E-state index contributed by atoms with van der Waals surface area (Å²) in [6.45, 7) is 3.71. The molecular weight excluding hydrogens is 166 g/mol. The van der Waals surface area contributed by atoms with E-state index in [1.54, 1.807) is 13.2 Å². The van der Waals surface area contributed by atoms with Gasteiger partial charge in [0.2, 0.25) is 0 Å². The molecule has 3 nitrogen and oxygen atoms in total. The monoisotopic (exact) mass is 181 g/mol. The number of rotatable bonds is 2. The lowest BCUT2D eigenvalue weighted by Crippen LogP contribution is -2.07. The molecule has 0 saturated carbocycles. The third kappa shape index (κ3) is 1.92. The molecule has 0 radical (unpaired) electrons. The van der Waals surface area contributed by atoms with E-state index in [-0.39, 0.29) is 11.8 Å². The molecule has 0 aliphatic heterocycles. The van der Waals surface area contributed by atoms with Crippen molar-refractivity contribution in [2.24, 2.45) is 5.73 Å². The Bertz CT molecular complexity index is 308. The van der Waals surface area contributed by atoms with Gasteiger partial charge in [0.25, 0.3) is 0 Å². The SMILES string of the molecule is COc1cc(C)cc(O)c1[C@@H](C)N. The van der Waals surface area contributed by atoms with Crippen LogP contribution in [0.3, 0.4) is 0 Å². The fourth-order valence-corrected chi connectivity index (χ4v) is 1.37. The summed E-state index contributed by atoms with van der Waals surface area (Å²) in [4.78, 5) is 0. The van der Waals surface area contributed by atoms with Crippen molar-refractivity contribution in [1.29, 1.82) is 0 Å². The van der Waals surface area contributed by atoms with Gasteiger partial charge in [0.05, 0.1) is 12.7 Å². The van der Waals surface area contributed by atoms with Gasteiger partial charge in [-0.2, -0.15) is 0 Å². The lowest BCUT2D eigenvalue weighted by atomic mass is 10.0. The van der Waals surface area contributed by atoms with Gasteiger partial charge in [-0.3, -0.25) is 0 Å². The van der Waals surface area contributed by atoms with Crippen molar-refractivity contribution in [3.05, 3.63) is 23.3 Å². The van der Waals surface area contributed by atoms with Crippen molar-refractivity contribution in [2.75, 3.05) is 7.11 Å². The summed E-state index contributed by atoms with van der Waals surface area (Å²) in [5.41, 5.74) is 7.32. The number of hydrogen-bond donors (Lipinski definition) is 2. The summed E-state index contributed by atoms with van der Waals surface area (Å²) in [6, 6.07) is 3.31. The Morgan fingerprint density at radius 1 is 1.46 bits per heavy atom. The van der Waals surface area contributed by atoms with Crippen LogP contribution in [0.1, 0.15) is 24.1 Å². The first-order valence-electron chi connectivity index (χ1n) is 4.19. The second-order valence-electron chi connectivity index (χ2n) is 3.19. The highest BCUT2D eigenvalue weighted by Gasteiger charge is 2.13. The number of aromatic hydroxyl groups is 1. The van der Waals surface area contributed by atoms with E-state index in [9.17, 15) is 5.11 Å². The molecule has 1 atom stereocenters. The zero-order chi connectivity index (χ0) is 10.0. The van der Waals surface area contributed by atoms with E-state index >= 15 is 0 Å². The van der Waals surface area contributed by atoms with E-state index in [1.165, 1.54) is 0 Å². The van der Waals surface area contributed by atoms with Gasteiger partial charge < -0.3 is 15.6 Å². The molecular formula is C10H15NO2. The Balaban J connectivity index is 3.30. The first kappa shape index (κ1) is 9.86. The van der Waals surface area contributed by atoms with Crippen LogP contribution in [0.4, 0.5) is 0 Å². The average Bonchev–Trinajstić information content (AvgIpc) is 2.01. The van der Waals surface area contributed by atoms with Crippen LogP contribution in [0.2, 0.25) is 0 Å². The van der Waals surface area contributed by atoms with Crippen molar-refractivity contribution in [3.63, 3.8) is 0 Å². The summed E-state index contributed by atoms with van der Waals surface area (Å²) >= 11 is 0. The molecule has 0 bridgehead atoms. The second-order valence-corrected chi connectivity index (χ2v) is 3.19. The minimum atomic E-state index is -0.226. The van der Waals surface area contributed by atoms with Gasteiger partial charge in [-0.15, -0.1) is 0 Å². The average molecular weight is 181 g/mol. The van der Waals surface area contributed by atoms with Crippen molar-refractivity contribution in [1.82, 2.24) is 0 Å². The highest BCUT2D eigenvalue weighted by Crippen LogP contribution is 2.33. The Kier molecular flexibility index (Phi) is 2.78. The molecule has 0 spiro atoms. The van der Waals surface area contributed by atoms with Gasteiger partial charge in [-0.25, -0.2) is 0 Å². The number of ether oxygens (including phenoxy) is 1. The molecule has 0 heterocycles. The summed E-state index contributed by atoms with van der Waals surface area (Å²) in [5, 5.41) is 9.61. The van der Waals surface area contributed by atoms with Crippen LogP contribution in [-0.4, -0.2) is 12.2 Å². The first-order chi connectivity index (χ1) is 6.06. The number of hydrogen-bond acceptors (Lipinski definition) is 3. The minimum absolute atomic E-state index is 0.201. The molecule has 0 aromatic heterocycles. The Morgan fingerprint density at radius 2 is 2.08 bits per heavy atom. The van der Waals surface area contributed by atoms with Crippen LogP contribution in [0.15, 0.2) is 12.1 Å². The van der Waals surface area contributed by atoms with Gasteiger partial charge in [0, 0.05) is 6.04 Å². The zero-order valence-electron chi connectivity index (χ0n) is 8.16. The first-order valence-corrected chi connectivity index (χ1v) is 4.19. The van der Waals surface area contributed by atoms with Crippen molar-refractivity contribution >= 4 is 0 Å². The Morgan fingerprint density at radius 3 is 2.54 bits per heavy atom. The lowest BCUT2D eigenvalue weighted by molar-refractivity contribution is 0.395. The van der Waals surface area contributed by atoms with E-state index in [4.69, 9.17) is 10.5 Å². The molecule has 0 aliphatic rings. The number of phenols is 1. The highest BCUT2D eigenvalue weighted by atomic mass is 16.5. The van der Waals surface area contributed by atoms with E-state index in [0.29, 0.717) is 11.3 Å². The van der Waals surface area contributed by atoms with E-state index < -0.39 is 0 Å². The van der Waals surface area contributed by atoms with Gasteiger partial charge in [0.15, 0.2) is 0 Å². The number of aryl methyl sites for hydroxylation is 1. The molecule has 0 unspecified atom stereocenters. The zero-order valence-corrected chi connectivity index (χ0v) is 8.16. The number of nitrogens with two attached hydrogens (primary N) is 1. The molecule has 0 saturated heterocycles. The Hall–Kier alpha value is -1.22. The number of benzene rings is 1. The van der Waals surface area contributed by atoms with Crippen molar-refractivity contribution < 1.29 is 9.84 Å². The van der Waals surface area contributed by atoms with Crippen LogP contribution in [0, 0.1) is 6.92 Å². The van der Waals surface area contributed by atoms with Gasteiger partial charge in [-0.1, -0.05) is 0 Å². The topological polar surface area (TPSA) is 55.5 Å². The normalized spacial score (nSPS) is 12.6. The quantitative estimate of drug-likeness (QED) is 0.730. The molecule has 13 heavy (non-hydrogen) atoms. The highest BCUT2D eigenvalue weighted by molar-refractivity contribution is 5.48. The smallest absolute Gasteiger partial charge is 0.127 e. The Labute approximate surface area is 78.1 Å². The predicted molar refractivity (Wildman–Crippen MR) is 52.0 cm³/mol. The minimum Gasteiger partial charge on any atom is -0.507 e. The second kappa shape index (κ2) is 3.66. The predicted octanol–water partition coefficient (Wildman–Crippen LogP) is 1.73. The molecule has 0 amide bonds. The summed E-state index contributed by atoms with van der Waals surface area (Å²) < 4.78 is 5.13. The molecule has 3 heteroatoms. The van der Waals surface area contributed by atoms with Crippen LogP contribution in [-0.2, 0) is 0 Å². The third-order valence-electron chi connectivity index (χ3n) is 1.94. The van der Waals surface area contributed by atoms with Gasteiger partial charge in [0.1, 0.15) is 11.5 Å². The number of phenolic OH excluding ortho intramolecular Hbond substituents is 1. The van der Waals surface area contributed by atoms with Gasteiger partial charge in [-0.05, 0) is 31.5 Å². The largest absolute Gasteiger partial charge is 0.507 e. The third-order valence-corrected chi connectivity index (χ3v) is 1.94. The van der Waals surface area contributed by atoms with Crippen LogP contribution in [0.25, 0.3) is 0 Å². The molecule has 1 rings (SSSR count). The van der Waals surface area contributed by atoms with Crippen LogP contribution >= 0.6 is 0 Å². The summed E-state index contributed by atoms with van der Waals surface area (Å²) in [7, 11) is 1.57. The lowest BCUT2D eigenvalue weighted by Gasteiger charge is -2.14. The maximum atomic E-state index is 9.61. The molecule has 3 N–H and O–H groups in total. The van der Waals surface area contributed by atoms with Crippen molar-refractivity contribution in [2.45, 2.75) is 19.9 Å². The van der Waals surface area contributed by atoms with E-state index in [1.807, 2.05) is 19.9 Å². The standard InChI is InChI=1S/C10H15NO2/c1-6-4-8(12)10(7(2)11)9(5-6)13-3/h4-5,7,12H,11H2,1-3H3/t7-/m1/s1. The molecule has 0 fully saturated rings. The fraction of sp³-hybridized carbons (Fsp3) is 0.400. The maximum Gasteiger partial charge on any atom is 0.127 e. The van der Waals surface area contributed by atoms with Gasteiger partial charge >= 0.3 is 0 Å². The number of methoxy groups -OCH3 is 1. The molecule has 1 aromatic carbocycles. The summed E-state index contributed by atoms with van der Waals surface area (Å²) in [6.07, 6.45) is 0. The summed E-state index contributed by atoms with van der Waals surface area (Å²) in [5.74, 6) is 0.847. The molecule has 0 aliphatic carbocycles. The van der Waals surface area contributed by atoms with E-state index in [2.05, 4.69) is 0 Å². The maximum absolute atomic E-state index is 9.61.